The topological polar surface area (TPSA) is 113 Å². The van der Waals surface area contributed by atoms with Gasteiger partial charge in [0, 0.05) is 18.8 Å². The lowest BCUT2D eigenvalue weighted by Crippen LogP contribution is -2.35. The Hall–Kier alpha value is -3.47. The fourth-order valence-corrected chi connectivity index (χ4v) is 3.53. The maximum absolute atomic E-state index is 12.7. The van der Waals surface area contributed by atoms with Crippen LogP contribution in [0.25, 0.3) is 0 Å². The molecule has 0 aliphatic carbocycles. The largest absolute Gasteiger partial charge is 0.371 e. The molecule has 1 N–H and O–H groups in total. The molecule has 3 aromatic rings. The number of rotatable bonds is 8. The van der Waals surface area contributed by atoms with Crippen LogP contribution in [0, 0.1) is 0 Å². The van der Waals surface area contributed by atoms with Crippen molar-refractivity contribution >= 4 is 5.78 Å². The van der Waals surface area contributed by atoms with Crippen LogP contribution in [-0.4, -0.2) is 39.1 Å². The number of carbonyl (C=O) groups is 1. The smallest absolute Gasteiger partial charge is 0.330 e. The average molecular weight is 441 g/mol. The van der Waals surface area contributed by atoms with E-state index in [-0.39, 0.29) is 24.3 Å². The monoisotopic (exact) mass is 441 g/mol. The lowest BCUT2D eigenvalue weighted by molar-refractivity contribution is -0.181. The van der Waals surface area contributed by atoms with Crippen molar-refractivity contribution in [3.05, 3.63) is 98.6 Å². The normalized spacial score (nSPS) is 20.3. The van der Waals surface area contributed by atoms with Gasteiger partial charge in [-0.1, -0.05) is 36.4 Å². The summed E-state index contributed by atoms with van der Waals surface area (Å²) in [4.78, 5) is 47.2. The molecule has 10 heteroatoms. The number of nitrogens with one attached hydrogen (secondary N) is 1. The van der Waals surface area contributed by atoms with Crippen LogP contribution >= 0.6 is 0 Å². The number of benzene rings is 1. The molecule has 0 amide bonds. The van der Waals surface area contributed by atoms with Gasteiger partial charge in [-0.2, -0.15) is 4.94 Å². The van der Waals surface area contributed by atoms with Crippen molar-refractivity contribution in [3.63, 3.8) is 0 Å². The van der Waals surface area contributed by atoms with Crippen LogP contribution in [0.15, 0.2) is 70.5 Å². The number of pyridine rings is 1. The molecule has 166 valence electrons. The van der Waals surface area contributed by atoms with Gasteiger partial charge in [0.25, 0.3) is 5.56 Å². The fraction of sp³-hybridized carbons (Fsp3) is 0.273. The molecular weight excluding hydrogens is 421 g/mol. The standard InChI is InChI=1S/C22H20FN3O6/c23-31-13-18-17(30-12-14-6-2-1-3-7-14)10-19(32-18)26-11-15(21(28)25-22(26)29)20(27)16-8-4-5-9-24-16/h1-9,11,17-19H,10,12-13H2,(H,25,28,29)/t17?,18-,19-/m0/s1. The second-order valence-electron chi connectivity index (χ2n) is 7.23. The highest BCUT2D eigenvalue weighted by molar-refractivity contribution is 6.07. The van der Waals surface area contributed by atoms with Crippen LogP contribution < -0.4 is 11.2 Å². The lowest BCUT2D eigenvalue weighted by Gasteiger charge is -2.17. The summed E-state index contributed by atoms with van der Waals surface area (Å²) in [6, 6.07) is 14.1. The number of H-pyrrole nitrogens is 1. The SMILES string of the molecule is O=C(c1ccccn1)c1cn([C@@H]2CC(OCc3ccccc3)[C@H](COF)O2)c(=O)[nH]c1=O. The minimum Gasteiger partial charge on any atom is -0.371 e. The molecule has 2 aromatic heterocycles. The zero-order valence-corrected chi connectivity index (χ0v) is 16.8. The molecule has 1 aliphatic rings. The Bertz CT molecular complexity index is 1180. The van der Waals surface area contributed by atoms with E-state index in [0.717, 1.165) is 16.3 Å². The van der Waals surface area contributed by atoms with Crippen molar-refractivity contribution < 1.29 is 23.7 Å². The number of ketones is 1. The number of nitrogens with zero attached hydrogens (tertiary/aromatic N) is 2. The lowest BCUT2D eigenvalue weighted by atomic mass is 10.1. The molecule has 3 atom stereocenters. The van der Waals surface area contributed by atoms with Crippen molar-refractivity contribution in [1.29, 1.82) is 0 Å². The van der Waals surface area contributed by atoms with Gasteiger partial charge < -0.3 is 9.47 Å². The third kappa shape index (κ3) is 4.72. The maximum Gasteiger partial charge on any atom is 0.330 e. The van der Waals surface area contributed by atoms with Gasteiger partial charge in [-0.05, 0) is 22.2 Å². The Kier molecular flexibility index (Phi) is 6.64. The molecule has 1 aliphatic heterocycles. The molecule has 0 spiro atoms. The van der Waals surface area contributed by atoms with Crippen molar-refractivity contribution in [2.45, 2.75) is 31.5 Å². The van der Waals surface area contributed by atoms with E-state index in [0.29, 0.717) is 0 Å². The van der Waals surface area contributed by atoms with E-state index in [2.05, 4.69) is 14.9 Å². The summed E-state index contributed by atoms with van der Waals surface area (Å²) in [7, 11) is 0. The molecule has 1 aromatic carbocycles. The van der Waals surface area contributed by atoms with Crippen LogP contribution in [0.5, 0.6) is 0 Å². The molecule has 0 saturated carbocycles. The summed E-state index contributed by atoms with van der Waals surface area (Å²) in [5, 5.41) is 0. The van der Waals surface area contributed by atoms with Gasteiger partial charge in [0.2, 0.25) is 5.78 Å². The molecule has 1 fully saturated rings. The van der Waals surface area contributed by atoms with Gasteiger partial charge in [0.15, 0.2) is 0 Å². The van der Waals surface area contributed by atoms with Gasteiger partial charge in [0.1, 0.15) is 30.2 Å². The predicted molar refractivity (Wildman–Crippen MR) is 110 cm³/mol. The Morgan fingerprint density at radius 1 is 1.19 bits per heavy atom. The van der Waals surface area contributed by atoms with E-state index in [1.807, 2.05) is 30.3 Å². The van der Waals surface area contributed by atoms with Gasteiger partial charge in [-0.15, -0.1) is 0 Å². The van der Waals surface area contributed by atoms with Crippen LogP contribution in [0.4, 0.5) is 4.53 Å². The van der Waals surface area contributed by atoms with E-state index < -0.39 is 42.1 Å². The first-order valence-corrected chi connectivity index (χ1v) is 9.92. The van der Waals surface area contributed by atoms with Crippen molar-refractivity contribution in [2.24, 2.45) is 0 Å². The number of hydrogen-bond acceptors (Lipinski definition) is 7. The van der Waals surface area contributed by atoms with Gasteiger partial charge in [-0.25, -0.2) is 4.79 Å². The minimum absolute atomic E-state index is 0.0586. The minimum atomic E-state index is -0.893. The predicted octanol–water partition coefficient (Wildman–Crippen LogP) is 1.94. The first-order valence-electron chi connectivity index (χ1n) is 9.92. The van der Waals surface area contributed by atoms with E-state index in [4.69, 9.17) is 9.47 Å². The molecule has 0 radical (unpaired) electrons. The number of carbonyl (C=O) groups excluding carboxylic acids is 1. The Labute approximate surface area is 181 Å². The zero-order chi connectivity index (χ0) is 22.5. The van der Waals surface area contributed by atoms with E-state index in [1.165, 1.54) is 12.3 Å². The highest BCUT2D eigenvalue weighted by Crippen LogP contribution is 2.31. The Balaban J connectivity index is 1.57. The summed E-state index contributed by atoms with van der Waals surface area (Å²) in [5.41, 5.74) is -0.885. The molecule has 3 heterocycles. The number of hydrogen-bond donors (Lipinski definition) is 1. The van der Waals surface area contributed by atoms with Gasteiger partial charge in [0.05, 0.1) is 12.7 Å². The van der Waals surface area contributed by atoms with Crippen LogP contribution in [0.3, 0.4) is 0 Å². The molecule has 4 rings (SSSR count). The van der Waals surface area contributed by atoms with E-state index in [9.17, 15) is 18.9 Å². The van der Waals surface area contributed by atoms with Crippen LogP contribution in [-0.2, 0) is 21.0 Å². The molecule has 1 saturated heterocycles. The van der Waals surface area contributed by atoms with Crippen molar-refractivity contribution in [2.75, 3.05) is 6.61 Å². The Morgan fingerprint density at radius 3 is 2.69 bits per heavy atom. The van der Waals surface area contributed by atoms with Crippen LogP contribution in [0.1, 0.15) is 34.3 Å². The summed E-state index contributed by atoms with van der Waals surface area (Å²) >= 11 is 0. The molecule has 0 bridgehead atoms. The average Bonchev–Trinajstić information content (AvgIpc) is 3.21. The summed E-state index contributed by atoms with van der Waals surface area (Å²) in [6.07, 6.45) is 0.482. The highest BCUT2D eigenvalue weighted by Gasteiger charge is 2.38. The fourth-order valence-electron chi connectivity index (χ4n) is 3.53. The third-order valence-corrected chi connectivity index (χ3v) is 5.13. The van der Waals surface area contributed by atoms with E-state index >= 15 is 0 Å². The van der Waals surface area contributed by atoms with Crippen molar-refractivity contribution in [1.82, 2.24) is 14.5 Å². The number of aromatic amines is 1. The molecule has 1 unspecified atom stereocenters. The third-order valence-electron chi connectivity index (χ3n) is 5.13. The maximum atomic E-state index is 12.7. The number of halogens is 1. The Morgan fingerprint density at radius 2 is 1.97 bits per heavy atom. The summed E-state index contributed by atoms with van der Waals surface area (Å²) in [5.74, 6) is -0.640. The first kappa shape index (κ1) is 21.8. The summed E-state index contributed by atoms with van der Waals surface area (Å²) < 4.78 is 25.3. The quantitative estimate of drug-likeness (QED) is 0.532. The van der Waals surface area contributed by atoms with E-state index in [1.54, 1.807) is 12.1 Å². The first-order chi connectivity index (χ1) is 15.6. The number of aromatic nitrogens is 3. The molecule has 32 heavy (non-hydrogen) atoms. The van der Waals surface area contributed by atoms with Gasteiger partial charge in [-0.3, -0.25) is 24.1 Å². The molecular formula is C22H20FN3O6. The van der Waals surface area contributed by atoms with Crippen LogP contribution in [0.2, 0.25) is 0 Å². The second-order valence-corrected chi connectivity index (χ2v) is 7.23. The second kappa shape index (κ2) is 9.77. The van der Waals surface area contributed by atoms with Gasteiger partial charge >= 0.3 is 5.69 Å². The zero-order valence-electron chi connectivity index (χ0n) is 16.8. The number of ether oxygens (including phenoxy) is 2. The summed E-state index contributed by atoms with van der Waals surface area (Å²) in [6.45, 7) is -0.137. The molecule has 9 nitrogen and oxygen atoms in total. The van der Waals surface area contributed by atoms with Crippen molar-refractivity contribution in [3.8, 4) is 0 Å². The highest BCUT2D eigenvalue weighted by atomic mass is 19.3.